The molecule has 0 saturated heterocycles. The summed E-state index contributed by atoms with van der Waals surface area (Å²) < 4.78 is 5.55. The molecule has 7 nitrogen and oxygen atoms in total. The molecule has 0 saturated carbocycles. The molecule has 0 spiro atoms. The second-order valence-corrected chi connectivity index (χ2v) is 5.46. The van der Waals surface area contributed by atoms with Crippen molar-refractivity contribution in [1.29, 1.82) is 0 Å². The number of hydrogen-bond donors (Lipinski definition) is 2. The molecule has 122 valence electrons. The number of aryl methyl sites for hydroxylation is 3. The third kappa shape index (κ3) is 2.96. The molecule has 0 aliphatic heterocycles. The van der Waals surface area contributed by atoms with Crippen LogP contribution < -0.4 is 4.74 Å². The third-order valence-electron chi connectivity index (χ3n) is 3.65. The second kappa shape index (κ2) is 6.11. The van der Waals surface area contributed by atoms with Crippen LogP contribution in [0.3, 0.4) is 0 Å². The molecule has 0 amide bonds. The number of hydrogen-bond acceptors (Lipinski definition) is 5. The highest BCUT2D eigenvalue weighted by Gasteiger charge is 2.17. The van der Waals surface area contributed by atoms with Gasteiger partial charge in [0.05, 0.1) is 0 Å². The molecule has 24 heavy (non-hydrogen) atoms. The Morgan fingerprint density at radius 1 is 1.12 bits per heavy atom. The minimum absolute atomic E-state index is 0.00262. The summed E-state index contributed by atoms with van der Waals surface area (Å²) in [7, 11) is 0. The predicted molar refractivity (Wildman–Crippen MR) is 87.3 cm³/mol. The van der Waals surface area contributed by atoms with Crippen molar-refractivity contribution in [2.24, 2.45) is 0 Å². The van der Waals surface area contributed by atoms with Crippen LogP contribution in [0.1, 0.15) is 27.4 Å². The van der Waals surface area contributed by atoms with E-state index in [0.29, 0.717) is 5.75 Å². The molecule has 3 rings (SSSR count). The van der Waals surface area contributed by atoms with Crippen LogP contribution in [-0.4, -0.2) is 31.5 Å². The second-order valence-electron chi connectivity index (χ2n) is 5.46. The molecule has 7 heteroatoms. The van der Waals surface area contributed by atoms with Crippen molar-refractivity contribution in [1.82, 2.24) is 20.4 Å². The van der Waals surface area contributed by atoms with Gasteiger partial charge in [0.2, 0.25) is 5.69 Å². The molecule has 0 aliphatic carbocycles. The normalized spacial score (nSPS) is 10.6. The van der Waals surface area contributed by atoms with Crippen LogP contribution in [0, 0.1) is 20.8 Å². The molecule has 1 aromatic carbocycles. The van der Waals surface area contributed by atoms with Crippen LogP contribution in [0.15, 0.2) is 30.3 Å². The molecule has 0 radical (unpaired) electrons. The van der Waals surface area contributed by atoms with Crippen molar-refractivity contribution in [3.05, 3.63) is 53.0 Å². The maximum atomic E-state index is 11.0. The van der Waals surface area contributed by atoms with Crippen LogP contribution >= 0.6 is 0 Å². The summed E-state index contributed by atoms with van der Waals surface area (Å²) in [6.45, 7) is 5.89. The van der Waals surface area contributed by atoms with Crippen LogP contribution in [0.2, 0.25) is 0 Å². The number of ether oxygens (including phenoxy) is 1. The quantitative estimate of drug-likeness (QED) is 0.763. The Balaban J connectivity index is 1.92. The number of nitrogens with zero attached hydrogens (tertiary/aromatic N) is 3. The number of rotatable bonds is 4. The van der Waals surface area contributed by atoms with E-state index in [4.69, 9.17) is 9.84 Å². The number of benzene rings is 1. The molecule has 2 N–H and O–H groups in total. The minimum Gasteiger partial charge on any atom is -0.476 e. The van der Waals surface area contributed by atoms with Gasteiger partial charge in [-0.3, -0.25) is 4.98 Å². The predicted octanol–water partition coefficient (Wildman–Crippen LogP) is 3.28. The highest BCUT2D eigenvalue weighted by Crippen LogP contribution is 2.30. The van der Waals surface area contributed by atoms with Crippen LogP contribution in [-0.2, 0) is 0 Å². The first kappa shape index (κ1) is 15.7. The van der Waals surface area contributed by atoms with E-state index in [1.54, 1.807) is 6.07 Å². The topological polar surface area (TPSA) is 101 Å². The average molecular weight is 324 g/mol. The summed E-state index contributed by atoms with van der Waals surface area (Å²) in [4.78, 5) is 15.5. The average Bonchev–Trinajstić information content (AvgIpc) is 2.97. The Hall–Kier alpha value is -3.22. The van der Waals surface area contributed by atoms with E-state index in [2.05, 4.69) is 20.4 Å². The van der Waals surface area contributed by atoms with E-state index in [0.717, 1.165) is 28.1 Å². The lowest BCUT2D eigenvalue weighted by atomic mass is 9.99. The van der Waals surface area contributed by atoms with Gasteiger partial charge in [0.15, 0.2) is 0 Å². The van der Waals surface area contributed by atoms with Gasteiger partial charge in [0.25, 0.3) is 5.88 Å². The Kier molecular flexibility index (Phi) is 3.99. The molecular formula is C17H16N4O3. The molecule has 0 aliphatic rings. The Labute approximate surface area is 138 Å². The zero-order chi connectivity index (χ0) is 17.3. The number of aromatic nitrogens is 4. The summed E-state index contributed by atoms with van der Waals surface area (Å²) in [6, 6.07) is 9.55. The molecule has 2 aromatic heterocycles. The van der Waals surface area contributed by atoms with Crippen LogP contribution in [0.4, 0.5) is 0 Å². The van der Waals surface area contributed by atoms with Crippen molar-refractivity contribution < 1.29 is 14.6 Å². The zero-order valence-electron chi connectivity index (χ0n) is 13.5. The molecule has 0 unspecified atom stereocenters. The van der Waals surface area contributed by atoms with E-state index in [1.165, 1.54) is 0 Å². The first-order chi connectivity index (χ1) is 11.5. The lowest BCUT2D eigenvalue weighted by molar-refractivity contribution is 0.0687. The fourth-order valence-electron chi connectivity index (χ4n) is 2.52. The number of carboxylic acid groups (broad SMARTS) is 1. The smallest absolute Gasteiger partial charge is 0.362 e. The number of pyridine rings is 1. The minimum atomic E-state index is -1.20. The molecular weight excluding hydrogens is 308 g/mol. The molecule has 3 aromatic rings. The number of carboxylic acids is 1. The number of nitrogens with one attached hydrogen (secondary N) is 1. The molecule has 0 bridgehead atoms. The molecule has 2 heterocycles. The van der Waals surface area contributed by atoms with Gasteiger partial charge in [-0.2, -0.15) is 0 Å². The van der Waals surface area contributed by atoms with E-state index >= 15 is 0 Å². The lowest BCUT2D eigenvalue weighted by Gasteiger charge is -2.11. The summed E-state index contributed by atoms with van der Waals surface area (Å²) in [6.07, 6.45) is 0. The monoisotopic (exact) mass is 324 g/mol. The van der Waals surface area contributed by atoms with E-state index < -0.39 is 5.97 Å². The molecule has 0 fully saturated rings. The Bertz CT molecular complexity index is 918. The first-order valence-electron chi connectivity index (χ1n) is 7.33. The van der Waals surface area contributed by atoms with Gasteiger partial charge in [-0.05, 0) is 50.1 Å². The van der Waals surface area contributed by atoms with E-state index in [1.807, 2.05) is 45.0 Å². The van der Waals surface area contributed by atoms with Gasteiger partial charge >= 0.3 is 5.97 Å². The molecule has 0 atom stereocenters. The Morgan fingerprint density at radius 2 is 1.88 bits per heavy atom. The number of H-pyrrole nitrogens is 1. The lowest BCUT2D eigenvalue weighted by Crippen LogP contribution is -2.00. The van der Waals surface area contributed by atoms with E-state index in [-0.39, 0.29) is 11.6 Å². The maximum absolute atomic E-state index is 11.0. The summed E-state index contributed by atoms with van der Waals surface area (Å²) >= 11 is 0. The largest absolute Gasteiger partial charge is 0.476 e. The van der Waals surface area contributed by atoms with Crippen molar-refractivity contribution in [3.63, 3.8) is 0 Å². The number of aromatic carboxylic acids is 1. The highest BCUT2D eigenvalue weighted by atomic mass is 16.5. The van der Waals surface area contributed by atoms with Gasteiger partial charge in [-0.25, -0.2) is 9.89 Å². The third-order valence-corrected chi connectivity index (χ3v) is 3.65. The fraction of sp³-hybridized carbons (Fsp3) is 0.176. The van der Waals surface area contributed by atoms with Crippen molar-refractivity contribution in [2.45, 2.75) is 20.8 Å². The van der Waals surface area contributed by atoms with E-state index in [9.17, 15) is 4.79 Å². The fourth-order valence-corrected chi connectivity index (χ4v) is 2.52. The summed E-state index contributed by atoms with van der Waals surface area (Å²) in [5, 5.41) is 18.4. The zero-order valence-corrected chi connectivity index (χ0v) is 13.5. The van der Waals surface area contributed by atoms with Crippen LogP contribution in [0.25, 0.3) is 11.1 Å². The Morgan fingerprint density at radius 3 is 2.54 bits per heavy atom. The first-order valence-corrected chi connectivity index (χ1v) is 7.33. The number of aromatic amines is 1. The van der Waals surface area contributed by atoms with Crippen molar-refractivity contribution in [2.75, 3.05) is 0 Å². The summed E-state index contributed by atoms with van der Waals surface area (Å²) in [5.74, 6) is -0.696. The standard InChI is InChI=1S/C17H16N4O3/c1-9-8-12(24-16-15(17(22)23)19-21-20-16)5-7-13(9)14-6-4-10(2)18-11(14)3/h4-8H,1-3H3,(H,22,23)(H,19,20,21). The van der Waals surface area contributed by atoms with Gasteiger partial charge in [0, 0.05) is 17.0 Å². The van der Waals surface area contributed by atoms with Crippen molar-refractivity contribution >= 4 is 5.97 Å². The SMILES string of the molecule is Cc1ccc(-c2ccc(Oc3[nH]nnc3C(=O)O)cc2C)c(C)n1. The van der Waals surface area contributed by atoms with Crippen molar-refractivity contribution in [3.8, 4) is 22.8 Å². The van der Waals surface area contributed by atoms with Crippen LogP contribution in [0.5, 0.6) is 11.6 Å². The van der Waals surface area contributed by atoms with Gasteiger partial charge in [-0.1, -0.05) is 17.3 Å². The maximum Gasteiger partial charge on any atom is 0.362 e. The van der Waals surface area contributed by atoms with Gasteiger partial charge in [0.1, 0.15) is 5.75 Å². The highest BCUT2D eigenvalue weighted by molar-refractivity contribution is 5.87. The number of carbonyl (C=O) groups is 1. The van der Waals surface area contributed by atoms with Gasteiger partial charge < -0.3 is 9.84 Å². The van der Waals surface area contributed by atoms with Gasteiger partial charge in [-0.15, -0.1) is 5.10 Å². The summed E-state index contributed by atoms with van der Waals surface area (Å²) in [5.41, 5.74) is 4.77.